The second-order valence-electron chi connectivity index (χ2n) is 5.83. The third-order valence-electron chi connectivity index (χ3n) is 3.96. The Labute approximate surface area is 170 Å². The van der Waals surface area contributed by atoms with Gasteiger partial charge < -0.3 is 20.0 Å². The highest BCUT2D eigenvalue weighted by Gasteiger charge is 2.22. The molecule has 8 nitrogen and oxygen atoms in total. The smallest absolute Gasteiger partial charge is 0.223 e. The highest BCUT2D eigenvalue weighted by molar-refractivity contribution is 14.0. The number of hydrogen-bond donors (Lipinski definition) is 1. The number of carbonyl (C=O) groups is 1. The average molecular weight is 481 g/mol. The average Bonchev–Trinajstić information content (AvgIpc) is 3.08. The Kier molecular flexibility index (Phi) is 9.39. The van der Waals surface area contributed by atoms with E-state index in [-0.39, 0.29) is 29.9 Å². The molecule has 1 aromatic rings. The maximum atomic E-state index is 11.6. The molecule has 1 aliphatic heterocycles. The Morgan fingerprint density at radius 1 is 1.32 bits per heavy atom. The Hall–Kier alpha value is -1.17. The van der Waals surface area contributed by atoms with Crippen molar-refractivity contribution in [3.63, 3.8) is 0 Å². The topological polar surface area (TPSA) is 77.0 Å². The van der Waals surface area contributed by atoms with Crippen molar-refractivity contribution in [3.05, 3.63) is 5.82 Å². The van der Waals surface area contributed by atoms with Crippen molar-refractivity contribution < 1.29 is 4.79 Å². The number of nitrogens with zero attached hydrogens (tertiary/aromatic N) is 6. The van der Waals surface area contributed by atoms with Gasteiger partial charge in [-0.15, -0.1) is 24.0 Å². The molecular formula is C15H28IN7OS. The minimum absolute atomic E-state index is 0. The van der Waals surface area contributed by atoms with Gasteiger partial charge in [-0.2, -0.15) is 4.37 Å². The Bertz CT molecular complexity index is 570. The zero-order valence-electron chi connectivity index (χ0n) is 15.4. The third kappa shape index (κ3) is 6.24. The number of aryl methyl sites for hydroxylation is 1. The first-order valence-corrected chi connectivity index (χ1v) is 9.05. The summed E-state index contributed by atoms with van der Waals surface area (Å²) in [4.78, 5) is 26.6. The van der Waals surface area contributed by atoms with Crippen LogP contribution in [0.2, 0.25) is 0 Å². The first-order chi connectivity index (χ1) is 11.5. The lowest BCUT2D eigenvalue weighted by Gasteiger charge is -2.36. The van der Waals surface area contributed by atoms with Crippen molar-refractivity contribution in [1.82, 2.24) is 24.5 Å². The van der Waals surface area contributed by atoms with Gasteiger partial charge in [0.15, 0.2) is 5.96 Å². The molecule has 1 aromatic heterocycles. The molecule has 2 heterocycles. The van der Waals surface area contributed by atoms with Crippen molar-refractivity contribution >= 4 is 52.5 Å². The van der Waals surface area contributed by atoms with E-state index in [1.807, 2.05) is 0 Å². The lowest BCUT2D eigenvalue weighted by Crippen LogP contribution is -2.52. The predicted molar refractivity (Wildman–Crippen MR) is 113 cm³/mol. The molecule has 1 fully saturated rings. The van der Waals surface area contributed by atoms with Gasteiger partial charge in [-0.1, -0.05) is 6.92 Å². The van der Waals surface area contributed by atoms with Crippen molar-refractivity contribution in [2.24, 2.45) is 4.99 Å². The zero-order valence-corrected chi connectivity index (χ0v) is 18.5. The standard InChI is InChI=1S/C15H27N7OS.HI/c1-5-12-18-15(24-19-12)22-10-8-21(9-11-22)14(16-2)17-7-6-13(23)20(3)4;/h5-11H2,1-4H3,(H,16,17);1H. The lowest BCUT2D eigenvalue weighted by atomic mass is 10.3. The van der Waals surface area contributed by atoms with Crippen molar-refractivity contribution in [1.29, 1.82) is 0 Å². The molecule has 1 amide bonds. The van der Waals surface area contributed by atoms with Gasteiger partial charge in [-0.3, -0.25) is 9.79 Å². The summed E-state index contributed by atoms with van der Waals surface area (Å²) in [6, 6.07) is 0. The van der Waals surface area contributed by atoms with Crippen LogP contribution in [0.25, 0.3) is 0 Å². The summed E-state index contributed by atoms with van der Waals surface area (Å²) in [5, 5.41) is 4.28. The molecule has 10 heteroatoms. The molecule has 0 atom stereocenters. The number of amides is 1. The first kappa shape index (κ1) is 21.9. The molecule has 2 rings (SSSR count). The monoisotopic (exact) mass is 481 g/mol. The number of nitrogens with one attached hydrogen (secondary N) is 1. The molecule has 0 bridgehead atoms. The third-order valence-corrected chi connectivity index (χ3v) is 4.77. The van der Waals surface area contributed by atoms with E-state index in [9.17, 15) is 4.79 Å². The van der Waals surface area contributed by atoms with Crippen LogP contribution in [0.15, 0.2) is 4.99 Å². The number of rotatable bonds is 5. The van der Waals surface area contributed by atoms with Crippen molar-refractivity contribution in [2.75, 3.05) is 58.8 Å². The van der Waals surface area contributed by atoms with Gasteiger partial charge >= 0.3 is 0 Å². The fourth-order valence-electron chi connectivity index (χ4n) is 2.46. The van der Waals surface area contributed by atoms with Crippen LogP contribution in [0.3, 0.4) is 0 Å². The molecule has 25 heavy (non-hydrogen) atoms. The van der Waals surface area contributed by atoms with Crippen LogP contribution in [-0.4, -0.2) is 84.9 Å². The summed E-state index contributed by atoms with van der Waals surface area (Å²) >= 11 is 1.47. The highest BCUT2D eigenvalue weighted by Crippen LogP contribution is 2.19. The van der Waals surface area contributed by atoms with Crippen LogP contribution in [0, 0.1) is 0 Å². The van der Waals surface area contributed by atoms with Crippen LogP contribution in [0.4, 0.5) is 5.13 Å². The second kappa shape index (κ2) is 10.7. The number of piperazine rings is 1. The van der Waals surface area contributed by atoms with Gasteiger partial charge in [0.25, 0.3) is 0 Å². The molecule has 0 spiro atoms. The predicted octanol–water partition coefficient (Wildman–Crippen LogP) is 0.894. The largest absolute Gasteiger partial charge is 0.356 e. The maximum absolute atomic E-state index is 11.6. The van der Waals surface area contributed by atoms with Gasteiger partial charge in [0.1, 0.15) is 5.82 Å². The van der Waals surface area contributed by atoms with Crippen molar-refractivity contribution in [2.45, 2.75) is 19.8 Å². The van der Waals surface area contributed by atoms with Crippen LogP contribution in [0.5, 0.6) is 0 Å². The fraction of sp³-hybridized carbons (Fsp3) is 0.733. The first-order valence-electron chi connectivity index (χ1n) is 8.28. The number of anilines is 1. The van der Waals surface area contributed by atoms with E-state index in [0.29, 0.717) is 13.0 Å². The molecule has 1 aliphatic rings. The molecular weight excluding hydrogens is 453 g/mol. The van der Waals surface area contributed by atoms with Crippen LogP contribution >= 0.6 is 35.5 Å². The number of halogens is 1. The summed E-state index contributed by atoms with van der Waals surface area (Å²) in [6.45, 7) is 6.22. The summed E-state index contributed by atoms with van der Waals surface area (Å²) in [5.41, 5.74) is 0. The van der Waals surface area contributed by atoms with Gasteiger partial charge in [0.2, 0.25) is 11.0 Å². The molecule has 142 valence electrons. The maximum Gasteiger partial charge on any atom is 0.223 e. The van der Waals surface area contributed by atoms with E-state index in [4.69, 9.17) is 0 Å². The molecule has 0 radical (unpaired) electrons. The Morgan fingerprint density at radius 3 is 2.52 bits per heavy atom. The summed E-state index contributed by atoms with van der Waals surface area (Å²) in [6.07, 6.45) is 1.34. The van der Waals surface area contributed by atoms with E-state index in [2.05, 4.69) is 36.4 Å². The van der Waals surface area contributed by atoms with E-state index in [0.717, 1.165) is 49.5 Å². The summed E-state index contributed by atoms with van der Waals surface area (Å²) in [5.74, 6) is 1.89. The molecule has 0 aromatic carbocycles. The van der Waals surface area contributed by atoms with Gasteiger partial charge in [-0.05, 0) is 0 Å². The van der Waals surface area contributed by atoms with Crippen LogP contribution in [0.1, 0.15) is 19.2 Å². The van der Waals surface area contributed by atoms with E-state index in [1.54, 1.807) is 26.0 Å². The zero-order chi connectivity index (χ0) is 17.5. The van der Waals surface area contributed by atoms with Crippen molar-refractivity contribution in [3.8, 4) is 0 Å². The molecule has 1 N–H and O–H groups in total. The SMILES string of the molecule is CCc1nsc(N2CCN(C(=NC)NCCC(=O)N(C)C)CC2)n1.I. The number of carbonyl (C=O) groups excluding carboxylic acids is 1. The lowest BCUT2D eigenvalue weighted by molar-refractivity contribution is -0.128. The van der Waals surface area contributed by atoms with Gasteiger partial charge in [0, 0.05) is 78.2 Å². The van der Waals surface area contributed by atoms with E-state index >= 15 is 0 Å². The number of hydrogen-bond acceptors (Lipinski definition) is 6. The molecule has 1 saturated heterocycles. The van der Waals surface area contributed by atoms with Gasteiger partial charge in [0.05, 0.1) is 0 Å². The Balaban J connectivity index is 0.00000312. The minimum Gasteiger partial charge on any atom is -0.356 e. The quantitative estimate of drug-likeness (QED) is 0.383. The second-order valence-corrected chi connectivity index (χ2v) is 6.56. The molecule has 0 unspecified atom stereocenters. The Morgan fingerprint density at radius 2 is 2.00 bits per heavy atom. The molecule has 0 aliphatic carbocycles. The number of guanidine groups is 1. The number of aromatic nitrogens is 2. The highest BCUT2D eigenvalue weighted by atomic mass is 127. The number of aliphatic imine (C=N–C) groups is 1. The van der Waals surface area contributed by atoms with Gasteiger partial charge in [-0.25, -0.2) is 4.98 Å². The summed E-state index contributed by atoms with van der Waals surface area (Å²) in [7, 11) is 5.32. The molecule has 0 saturated carbocycles. The van der Waals surface area contributed by atoms with E-state index < -0.39 is 0 Å². The van der Waals surface area contributed by atoms with Crippen LogP contribution in [-0.2, 0) is 11.2 Å². The summed E-state index contributed by atoms with van der Waals surface area (Å²) < 4.78 is 4.35. The normalized spacial score (nSPS) is 15.0. The fourth-order valence-corrected chi connectivity index (χ4v) is 3.26. The minimum atomic E-state index is 0. The van der Waals surface area contributed by atoms with Crippen LogP contribution < -0.4 is 10.2 Å². The van der Waals surface area contributed by atoms with E-state index in [1.165, 1.54) is 11.5 Å².